The fraction of sp³-hybridized carbons (Fsp3) is 0.382. The van der Waals surface area contributed by atoms with Gasteiger partial charge < -0.3 is 19.1 Å². The molecule has 41 heavy (non-hydrogen) atoms. The Morgan fingerprint density at radius 2 is 1.37 bits per heavy atom. The van der Waals surface area contributed by atoms with Gasteiger partial charge in [-0.05, 0) is 34.9 Å². The van der Waals surface area contributed by atoms with Crippen LogP contribution in [-0.4, -0.2) is 54.1 Å². The number of benzene rings is 3. The van der Waals surface area contributed by atoms with Crippen molar-refractivity contribution in [1.29, 1.82) is 0 Å². The summed E-state index contributed by atoms with van der Waals surface area (Å²) in [5.74, 6) is -4.74. The van der Waals surface area contributed by atoms with Crippen LogP contribution in [0, 0.1) is 0 Å². The Morgan fingerprint density at radius 3 is 1.85 bits per heavy atom. The van der Waals surface area contributed by atoms with E-state index in [4.69, 9.17) is 14.2 Å². The highest BCUT2D eigenvalue weighted by Crippen LogP contribution is 2.33. The van der Waals surface area contributed by atoms with Crippen LogP contribution < -0.4 is 0 Å². The third-order valence-corrected chi connectivity index (χ3v) is 7.87. The normalized spacial score (nSPS) is 17.9. The first-order chi connectivity index (χ1) is 19.6. The zero-order valence-corrected chi connectivity index (χ0v) is 23.9. The molecule has 7 nitrogen and oxygen atoms in total. The van der Waals surface area contributed by atoms with Gasteiger partial charge in [-0.25, -0.2) is 9.59 Å². The van der Waals surface area contributed by atoms with Crippen LogP contribution in [-0.2, 0) is 29.2 Å². The predicted molar refractivity (Wildman–Crippen MR) is 154 cm³/mol. The molecule has 7 heteroatoms. The number of hydrogen-bond acceptors (Lipinski definition) is 7. The van der Waals surface area contributed by atoms with E-state index in [0.717, 1.165) is 42.6 Å². The lowest BCUT2D eigenvalue weighted by atomic mass is 9.86. The first kappa shape index (κ1) is 28.7. The molecular weight excluding hydrogens is 518 g/mol. The van der Waals surface area contributed by atoms with Gasteiger partial charge in [-0.15, -0.1) is 0 Å². The van der Waals surface area contributed by atoms with Crippen LogP contribution in [0.2, 0.25) is 0 Å². The third-order valence-electron chi connectivity index (χ3n) is 7.87. The molecule has 0 saturated carbocycles. The number of nitrogens with zero attached hydrogens (tertiary/aromatic N) is 1. The first-order valence-electron chi connectivity index (χ1n) is 14.2. The minimum Gasteiger partial charge on any atom is -0.406 e. The van der Waals surface area contributed by atoms with Gasteiger partial charge in [0.25, 0.3) is 0 Å². The summed E-state index contributed by atoms with van der Waals surface area (Å²) in [5, 5.41) is 0. The van der Waals surface area contributed by atoms with Crippen LogP contribution in [0.5, 0.6) is 0 Å². The molecule has 0 aliphatic carbocycles. The quantitative estimate of drug-likeness (QED) is 0.192. The molecule has 0 spiro atoms. The van der Waals surface area contributed by atoms with Crippen molar-refractivity contribution in [2.75, 3.05) is 19.6 Å². The largest absolute Gasteiger partial charge is 0.421 e. The van der Waals surface area contributed by atoms with Gasteiger partial charge >= 0.3 is 17.7 Å². The van der Waals surface area contributed by atoms with Crippen LogP contribution in [0.15, 0.2) is 84.9 Å². The molecule has 0 aromatic heterocycles. The lowest BCUT2D eigenvalue weighted by Gasteiger charge is -2.35. The van der Waals surface area contributed by atoms with E-state index in [1.54, 1.807) is 12.1 Å². The molecule has 0 N–H and O–H groups in total. The van der Waals surface area contributed by atoms with E-state index >= 15 is 0 Å². The van der Waals surface area contributed by atoms with Gasteiger partial charge in [-0.2, -0.15) is 0 Å². The Kier molecular flexibility index (Phi) is 8.38. The lowest BCUT2D eigenvalue weighted by Crippen LogP contribution is -2.45. The standard InChI is InChI=1S/C34H37NO6/c1-33(2,3)27-16-14-26(15-17-27)30(36)34(40-31(37)32(38)41-34)20-23-35-21-18-28(19-22-35)39-29(24-10-6-4-7-11-24)25-12-8-5-9-13-25/h4-17,28-29H,18-23H2,1-3H3. The van der Waals surface area contributed by atoms with Gasteiger partial charge in [0.2, 0.25) is 5.78 Å². The van der Waals surface area contributed by atoms with Gasteiger partial charge in [0.05, 0.1) is 6.10 Å². The molecule has 5 rings (SSSR count). The Morgan fingerprint density at radius 1 is 0.854 bits per heavy atom. The van der Waals surface area contributed by atoms with Crippen LogP contribution in [0.1, 0.15) is 73.2 Å². The highest BCUT2D eigenvalue weighted by molar-refractivity contribution is 6.32. The van der Waals surface area contributed by atoms with Crippen molar-refractivity contribution in [2.45, 2.75) is 63.4 Å². The van der Waals surface area contributed by atoms with Crippen molar-refractivity contribution in [3.8, 4) is 0 Å². The number of cyclic esters (lactones) is 2. The summed E-state index contributed by atoms with van der Waals surface area (Å²) in [5.41, 5.74) is 3.55. The van der Waals surface area contributed by atoms with Gasteiger partial charge in [0, 0.05) is 31.6 Å². The molecule has 2 aliphatic rings. The molecule has 214 valence electrons. The Hall–Kier alpha value is -3.81. The predicted octanol–water partition coefficient (Wildman–Crippen LogP) is 5.62. The van der Waals surface area contributed by atoms with E-state index in [1.165, 1.54) is 0 Å². The molecule has 3 aromatic rings. The lowest BCUT2D eigenvalue weighted by molar-refractivity contribution is -0.162. The first-order valence-corrected chi connectivity index (χ1v) is 14.2. The minimum absolute atomic E-state index is 0.0620. The van der Waals surface area contributed by atoms with E-state index in [0.29, 0.717) is 12.1 Å². The van der Waals surface area contributed by atoms with Gasteiger partial charge in [-0.3, -0.25) is 4.79 Å². The highest BCUT2D eigenvalue weighted by Gasteiger charge is 2.54. The van der Waals surface area contributed by atoms with Crippen LogP contribution in [0.4, 0.5) is 0 Å². The van der Waals surface area contributed by atoms with Crippen molar-refractivity contribution < 1.29 is 28.6 Å². The maximum Gasteiger partial charge on any atom is 0.421 e. The fourth-order valence-electron chi connectivity index (χ4n) is 5.43. The number of esters is 2. The fourth-order valence-corrected chi connectivity index (χ4v) is 5.43. The molecule has 2 fully saturated rings. The monoisotopic (exact) mass is 555 g/mol. The topological polar surface area (TPSA) is 82.1 Å². The van der Waals surface area contributed by atoms with Crippen molar-refractivity contribution in [1.82, 2.24) is 4.90 Å². The van der Waals surface area contributed by atoms with E-state index < -0.39 is 23.5 Å². The zero-order valence-electron chi connectivity index (χ0n) is 23.9. The van der Waals surface area contributed by atoms with Crippen molar-refractivity contribution in [2.24, 2.45) is 0 Å². The van der Waals surface area contributed by atoms with E-state index in [-0.39, 0.29) is 24.0 Å². The van der Waals surface area contributed by atoms with Crippen LogP contribution in [0.25, 0.3) is 0 Å². The maximum absolute atomic E-state index is 13.5. The second-order valence-corrected chi connectivity index (χ2v) is 11.8. The molecule has 0 radical (unpaired) electrons. The van der Waals surface area contributed by atoms with E-state index in [2.05, 4.69) is 49.9 Å². The number of Topliss-reactive ketones (excluding diaryl/α,β-unsaturated/α-hetero) is 1. The second kappa shape index (κ2) is 12.0. The summed E-state index contributed by atoms with van der Waals surface area (Å²) in [4.78, 5) is 39.9. The number of ketones is 1. The van der Waals surface area contributed by atoms with Crippen LogP contribution in [0.3, 0.4) is 0 Å². The summed E-state index contributed by atoms with van der Waals surface area (Å²) >= 11 is 0. The Labute approximate surface area is 241 Å². The number of carbonyl (C=O) groups is 3. The second-order valence-electron chi connectivity index (χ2n) is 11.8. The number of rotatable bonds is 9. The number of hydrogen-bond donors (Lipinski definition) is 0. The molecule has 2 heterocycles. The third kappa shape index (κ3) is 6.58. The van der Waals surface area contributed by atoms with Gasteiger partial charge in [0.15, 0.2) is 0 Å². The molecule has 0 atom stereocenters. The van der Waals surface area contributed by atoms with Crippen molar-refractivity contribution in [3.05, 3.63) is 107 Å². The summed E-state index contributed by atoms with van der Waals surface area (Å²) < 4.78 is 17.3. The number of ether oxygens (including phenoxy) is 3. The van der Waals surface area contributed by atoms with Crippen LogP contribution >= 0.6 is 0 Å². The zero-order chi connectivity index (χ0) is 29.0. The molecule has 0 bridgehead atoms. The van der Waals surface area contributed by atoms with Gasteiger partial charge in [-0.1, -0.05) is 106 Å². The Balaban J connectivity index is 1.22. The summed E-state index contributed by atoms with van der Waals surface area (Å²) in [6.07, 6.45) is 1.59. The maximum atomic E-state index is 13.5. The Bertz CT molecular complexity index is 1300. The molecule has 2 saturated heterocycles. The van der Waals surface area contributed by atoms with E-state index in [9.17, 15) is 14.4 Å². The van der Waals surface area contributed by atoms with Gasteiger partial charge in [0.1, 0.15) is 6.10 Å². The summed E-state index contributed by atoms with van der Waals surface area (Å²) in [6.45, 7) is 8.18. The molecule has 3 aromatic carbocycles. The molecule has 0 amide bonds. The molecule has 0 unspecified atom stereocenters. The average molecular weight is 556 g/mol. The highest BCUT2D eigenvalue weighted by atomic mass is 16.8. The van der Waals surface area contributed by atoms with Crippen molar-refractivity contribution in [3.63, 3.8) is 0 Å². The number of carbonyl (C=O) groups excluding carboxylic acids is 3. The molecular formula is C34H37NO6. The summed E-state index contributed by atoms with van der Waals surface area (Å²) in [6, 6.07) is 27.6. The smallest absolute Gasteiger partial charge is 0.406 e. The SMILES string of the molecule is CC(C)(C)c1ccc(C(=O)C2(CCN3CCC(OC(c4ccccc4)c4ccccc4)CC3)OC(=O)C(=O)O2)cc1. The average Bonchev–Trinajstić information content (AvgIpc) is 3.29. The minimum atomic E-state index is -1.95. The number of likely N-dealkylation sites (tertiary alicyclic amines) is 1. The van der Waals surface area contributed by atoms with E-state index in [1.807, 2.05) is 48.5 Å². The molecule has 2 aliphatic heterocycles. The number of piperidine rings is 1. The van der Waals surface area contributed by atoms with Crippen molar-refractivity contribution >= 4 is 17.7 Å². The summed E-state index contributed by atoms with van der Waals surface area (Å²) in [7, 11) is 0.